The van der Waals surface area contributed by atoms with E-state index < -0.39 is 11.6 Å². The molecule has 0 saturated carbocycles. The average molecular weight is 333 g/mol. The Bertz CT molecular complexity index is 408. The van der Waals surface area contributed by atoms with Crippen molar-refractivity contribution in [3.05, 3.63) is 28.2 Å². The van der Waals surface area contributed by atoms with Crippen LogP contribution in [0.1, 0.15) is 26.2 Å². The molecular formula is C14H19BrF2N2. The molecule has 1 saturated heterocycles. The number of benzene rings is 1. The lowest BCUT2D eigenvalue weighted by atomic mass is 10.0. The summed E-state index contributed by atoms with van der Waals surface area (Å²) >= 11 is 3.25. The second-order valence-corrected chi connectivity index (χ2v) is 5.79. The van der Waals surface area contributed by atoms with Gasteiger partial charge in [0.15, 0.2) is 5.82 Å². The van der Waals surface area contributed by atoms with Gasteiger partial charge in [-0.05, 0) is 47.8 Å². The summed E-state index contributed by atoms with van der Waals surface area (Å²) in [5.41, 5.74) is 0.482. The number of halogens is 3. The number of anilines is 1. The number of hydrogen-bond donors (Lipinski definition) is 1. The van der Waals surface area contributed by atoms with Crippen molar-refractivity contribution in [3.63, 3.8) is 0 Å². The lowest BCUT2D eigenvalue weighted by Crippen LogP contribution is -2.43. The number of piperidine rings is 1. The molecule has 1 aliphatic rings. The third-order valence-electron chi connectivity index (χ3n) is 3.48. The van der Waals surface area contributed by atoms with Crippen molar-refractivity contribution >= 4 is 21.6 Å². The van der Waals surface area contributed by atoms with E-state index in [9.17, 15) is 8.78 Å². The fraction of sp³-hybridized carbons (Fsp3) is 0.571. The van der Waals surface area contributed by atoms with E-state index in [4.69, 9.17) is 0 Å². The number of nitrogens with one attached hydrogen (secondary N) is 1. The molecule has 1 aliphatic heterocycles. The minimum atomic E-state index is -0.548. The van der Waals surface area contributed by atoms with E-state index in [1.165, 1.54) is 6.07 Å². The Morgan fingerprint density at radius 1 is 1.32 bits per heavy atom. The number of nitrogens with zero attached hydrogens (tertiary/aromatic N) is 1. The van der Waals surface area contributed by atoms with Gasteiger partial charge in [0.05, 0.1) is 5.69 Å². The van der Waals surface area contributed by atoms with E-state index in [2.05, 4.69) is 28.2 Å². The van der Waals surface area contributed by atoms with Gasteiger partial charge in [-0.1, -0.05) is 6.92 Å². The van der Waals surface area contributed by atoms with Gasteiger partial charge in [-0.15, -0.1) is 0 Å². The molecule has 2 rings (SSSR count). The third kappa shape index (κ3) is 3.66. The minimum Gasteiger partial charge on any atom is -0.368 e. The van der Waals surface area contributed by atoms with Crippen LogP contribution in [0.15, 0.2) is 16.6 Å². The van der Waals surface area contributed by atoms with Crippen molar-refractivity contribution in [2.45, 2.75) is 32.2 Å². The Labute approximate surface area is 121 Å². The zero-order valence-corrected chi connectivity index (χ0v) is 12.6. The summed E-state index contributed by atoms with van der Waals surface area (Å²) in [4.78, 5) is 1.99. The molecule has 106 valence electrons. The molecule has 0 radical (unpaired) electrons. The first-order valence-electron chi connectivity index (χ1n) is 6.74. The van der Waals surface area contributed by atoms with Crippen molar-refractivity contribution in [1.82, 2.24) is 5.32 Å². The molecule has 0 unspecified atom stereocenters. The highest BCUT2D eigenvalue weighted by Crippen LogP contribution is 2.32. The molecule has 1 aromatic carbocycles. The smallest absolute Gasteiger partial charge is 0.150 e. The van der Waals surface area contributed by atoms with Gasteiger partial charge in [0.1, 0.15) is 5.82 Å². The Morgan fingerprint density at radius 3 is 2.58 bits per heavy atom. The maximum Gasteiger partial charge on any atom is 0.150 e. The highest BCUT2D eigenvalue weighted by atomic mass is 79.9. The van der Waals surface area contributed by atoms with Crippen LogP contribution in [0.25, 0.3) is 0 Å². The van der Waals surface area contributed by atoms with Crippen LogP contribution in [0.5, 0.6) is 0 Å². The molecule has 1 fully saturated rings. The highest BCUT2D eigenvalue weighted by Gasteiger charge is 2.23. The molecule has 2 nitrogen and oxygen atoms in total. The maximum atomic E-state index is 13.9. The first kappa shape index (κ1) is 14.7. The lowest BCUT2D eigenvalue weighted by Gasteiger charge is -2.34. The van der Waals surface area contributed by atoms with Crippen LogP contribution in [0.3, 0.4) is 0 Å². The fourth-order valence-corrected chi connectivity index (χ4v) is 3.15. The summed E-state index contributed by atoms with van der Waals surface area (Å²) in [5.74, 6) is -1.04. The summed E-state index contributed by atoms with van der Waals surface area (Å²) < 4.78 is 27.4. The fourth-order valence-electron chi connectivity index (χ4n) is 2.49. The van der Waals surface area contributed by atoms with Crippen molar-refractivity contribution in [2.75, 3.05) is 24.5 Å². The topological polar surface area (TPSA) is 15.3 Å². The zero-order chi connectivity index (χ0) is 13.8. The summed E-state index contributed by atoms with van der Waals surface area (Å²) in [7, 11) is 0. The standard InChI is InChI=1S/C14H19BrF2N2/c1-2-5-18-11-3-6-19(7-4-11)14-12(15)8-10(16)9-13(14)17/h8-9,11,18H,2-7H2,1H3. The van der Waals surface area contributed by atoms with E-state index in [0.717, 1.165) is 45.0 Å². The lowest BCUT2D eigenvalue weighted by molar-refractivity contribution is 0.413. The normalized spacial score (nSPS) is 16.9. The van der Waals surface area contributed by atoms with Crippen LogP contribution in [0.2, 0.25) is 0 Å². The largest absolute Gasteiger partial charge is 0.368 e. The van der Waals surface area contributed by atoms with Gasteiger partial charge in [-0.2, -0.15) is 0 Å². The van der Waals surface area contributed by atoms with E-state index in [-0.39, 0.29) is 0 Å². The van der Waals surface area contributed by atoms with Crippen molar-refractivity contribution in [3.8, 4) is 0 Å². The van der Waals surface area contributed by atoms with Crippen LogP contribution in [-0.2, 0) is 0 Å². The van der Waals surface area contributed by atoms with E-state index in [1.54, 1.807) is 0 Å². The van der Waals surface area contributed by atoms with Gasteiger partial charge in [0.2, 0.25) is 0 Å². The SMILES string of the molecule is CCCNC1CCN(c2c(F)cc(F)cc2Br)CC1. The molecule has 1 aromatic rings. The molecule has 0 bridgehead atoms. The number of hydrogen-bond acceptors (Lipinski definition) is 2. The minimum absolute atomic E-state index is 0.482. The Balaban J connectivity index is 2.02. The number of rotatable bonds is 4. The monoisotopic (exact) mass is 332 g/mol. The Hall–Kier alpha value is -0.680. The predicted molar refractivity (Wildman–Crippen MR) is 77.6 cm³/mol. The van der Waals surface area contributed by atoms with Crippen LogP contribution < -0.4 is 10.2 Å². The van der Waals surface area contributed by atoms with Crippen LogP contribution in [0, 0.1) is 11.6 Å². The highest BCUT2D eigenvalue weighted by molar-refractivity contribution is 9.10. The first-order valence-corrected chi connectivity index (χ1v) is 7.54. The van der Waals surface area contributed by atoms with Crippen LogP contribution in [-0.4, -0.2) is 25.7 Å². The molecule has 1 N–H and O–H groups in total. The Morgan fingerprint density at radius 2 is 2.00 bits per heavy atom. The van der Waals surface area contributed by atoms with Gasteiger partial charge < -0.3 is 10.2 Å². The van der Waals surface area contributed by atoms with Crippen molar-refractivity contribution in [1.29, 1.82) is 0 Å². The first-order chi connectivity index (χ1) is 9.11. The van der Waals surface area contributed by atoms with Crippen LogP contribution in [0.4, 0.5) is 14.5 Å². The summed E-state index contributed by atoms with van der Waals surface area (Å²) in [6.45, 7) is 4.76. The maximum absolute atomic E-state index is 13.9. The van der Waals surface area contributed by atoms with Crippen LogP contribution >= 0.6 is 15.9 Å². The molecule has 19 heavy (non-hydrogen) atoms. The molecule has 0 aliphatic carbocycles. The quantitative estimate of drug-likeness (QED) is 0.904. The van der Waals surface area contributed by atoms with E-state index in [0.29, 0.717) is 16.2 Å². The molecule has 0 aromatic heterocycles. The molecule has 0 atom stereocenters. The molecule has 5 heteroatoms. The third-order valence-corrected chi connectivity index (χ3v) is 4.08. The van der Waals surface area contributed by atoms with E-state index >= 15 is 0 Å². The van der Waals surface area contributed by atoms with Crippen molar-refractivity contribution in [2.24, 2.45) is 0 Å². The van der Waals surface area contributed by atoms with Gasteiger partial charge in [-0.3, -0.25) is 0 Å². The average Bonchev–Trinajstić information content (AvgIpc) is 2.36. The molecular weight excluding hydrogens is 314 g/mol. The predicted octanol–water partition coefficient (Wildman–Crippen LogP) is 3.70. The second kappa shape index (κ2) is 6.66. The van der Waals surface area contributed by atoms with Crippen molar-refractivity contribution < 1.29 is 8.78 Å². The zero-order valence-electron chi connectivity index (χ0n) is 11.1. The second-order valence-electron chi connectivity index (χ2n) is 4.93. The van der Waals surface area contributed by atoms with Gasteiger partial charge >= 0.3 is 0 Å². The molecule has 0 spiro atoms. The summed E-state index contributed by atoms with van der Waals surface area (Å²) in [6.07, 6.45) is 3.10. The van der Waals surface area contributed by atoms with Gasteiger partial charge in [0.25, 0.3) is 0 Å². The van der Waals surface area contributed by atoms with E-state index in [1.807, 2.05) is 4.90 Å². The Kier molecular flexibility index (Phi) is 5.16. The van der Waals surface area contributed by atoms with Gasteiger partial charge in [0, 0.05) is 29.7 Å². The summed E-state index contributed by atoms with van der Waals surface area (Å²) in [5, 5.41) is 3.49. The molecule has 0 amide bonds. The molecule has 1 heterocycles. The summed E-state index contributed by atoms with van der Waals surface area (Å²) in [6, 6.07) is 2.78. The van der Waals surface area contributed by atoms with Gasteiger partial charge in [-0.25, -0.2) is 8.78 Å².